The predicted octanol–water partition coefficient (Wildman–Crippen LogP) is 3.59. The first kappa shape index (κ1) is 22.0. The van der Waals surface area contributed by atoms with Gasteiger partial charge in [0, 0.05) is 19.0 Å². The SMILES string of the molecule is CCCNS(=O)(=O)c1ccc2c(c1)C(CC)c1cc(S(=O)(=O)NCCC)ccc1-2. The Morgan fingerprint density at radius 1 is 0.724 bits per heavy atom. The molecule has 1 aliphatic carbocycles. The third-order valence-corrected chi connectivity index (χ3v) is 8.12. The largest absolute Gasteiger partial charge is 0.240 e. The van der Waals surface area contributed by atoms with E-state index in [1.165, 1.54) is 0 Å². The van der Waals surface area contributed by atoms with E-state index in [-0.39, 0.29) is 15.7 Å². The first-order chi connectivity index (χ1) is 13.7. The minimum Gasteiger partial charge on any atom is -0.211 e. The van der Waals surface area contributed by atoms with Crippen molar-refractivity contribution in [3.05, 3.63) is 47.5 Å². The molecule has 0 amide bonds. The quantitative estimate of drug-likeness (QED) is 0.628. The fourth-order valence-corrected chi connectivity index (χ4v) is 6.07. The van der Waals surface area contributed by atoms with E-state index in [4.69, 9.17) is 0 Å². The van der Waals surface area contributed by atoms with Gasteiger partial charge in [-0.25, -0.2) is 26.3 Å². The van der Waals surface area contributed by atoms with Crippen molar-refractivity contribution in [2.45, 2.75) is 55.7 Å². The molecule has 0 unspecified atom stereocenters. The van der Waals surface area contributed by atoms with Crippen LogP contribution in [-0.2, 0) is 20.0 Å². The summed E-state index contributed by atoms with van der Waals surface area (Å²) in [6.45, 7) is 6.63. The van der Waals surface area contributed by atoms with E-state index in [1.807, 2.05) is 32.9 Å². The molecule has 0 saturated carbocycles. The molecule has 0 saturated heterocycles. The summed E-state index contributed by atoms with van der Waals surface area (Å²) in [6.07, 6.45) is 2.19. The van der Waals surface area contributed by atoms with Crippen LogP contribution in [0.15, 0.2) is 46.2 Å². The molecule has 6 nitrogen and oxygen atoms in total. The van der Waals surface area contributed by atoms with Crippen molar-refractivity contribution in [1.29, 1.82) is 0 Å². The molecule has 2 aromatic rings. The van der Waals surface area contributed by atoms with Gasteiger partial charge in [-0.3, -0.25) is 0 Å². The second kappa shape index (κ2) is 8.55. The summed E-state index contributed by atoms with van der Waals surface area (Å²) in [5.74, 6) is -0.0392. The van der Waals surface area contributed by atoms with Crippen molar-refractivity contribution in [2.75, 3.05) is 13.1 Å². The smallest absolute Gasteiger partial charge is 0.211 e. The summed E-state index contributed by atoms with van der Waals surface area (Å²) in [5.41, 5.74) is 3.79. The standard InChI is InChI=1S/C21H28N2O4S2/c1-4-11-22-28(24,25)15-7-9-18-19-10-8-16(29(26,27)23-12-5-2)14-21(19)17(6-3)20(18)13-15/h7-10,13-14,17,22-23H,4-6,11-12H2,1-3H3. The van der Waals surface area contributed by atoms with Crippen LogP contribution in [0, 0.1) is 0 Å². The van der Waals surface area contributed by atoms with E-state index < -0.39 is 20.0 Å². The van der Waals surface area contributed by atoms with Crippen molar-refractivity contribution in [1.82, 2.24) is 9.44 Å². The summed E-state index contributed by atoms with van der Waals surface area (Å²) < 4.78 is 55.4. The molecule has 0 radical (unpaired) electrons. The average molecular weight is 437 g/mol. The van der Waals surface area contributed by atoms with E-state index in [0.29, 0.717) is 13.1 Å². The molecule has 0 aromatic heterocycles. The fraction of sp³-hybridized carbons (Fsp3) is 0.429. The lowest BCUT2D eigenvalue weighted by Gasteiger charge is -2.13. The van der Waals surface area contributed by atoms with Crippen LogP contribution in [0.2, 0.25) is 0 Å². The van der Waals surface area contributed by atoms with Crippen molar-refractivity contribution in [3.63, 3.8) is 0 Å². The van der Waals surface area contributed by atoms with Gasteiger partial charge >= 0.3 is 0 Å². The van der Waals surface area contributed by atoms with Crippen molar-refractivity contribution >= 4 is 20.0 Å². The summed E-state index contributed by atoms with van der Waals surface area (Å²) in [6, 6.07) is 10.3. The average Bonchev–Trinajstić information content (AvgIpc) is 3.03. The highest BCUT2D eigenvalue weighted by molar-refractivity contribution is 7.89. The third kappa shape index (κ3) is 4.26. The zero-order valence-corrected chi connectivity index (χ0v) is 18.7. The fourth-order valence-electron chi connectivity index (χ4n) is 3.73. The van der Waals surface area contributed by atoms with Gasteiger partial charge in [0.25, 0.3) is 0 Å². The number of hydrogen-bond donors (Lipinski definition) is 2. The van der Waals surface area contributed by atoms with Gasteiger partial charge in [-0.05, 0) is 65.8 Å². The second-order valence-electron chi connectivity index (χ2n) is 7.25. The summed E-state index contributed by atoms with van der Waals surface area (Å²) in [7, 11) is -7.12. The summed E-state index contributed by atoms with van der Waals surface area (Å²) in [5, 5.41) is 0. The monoisotopic (exact) mass is 436 g/mol. The van der Waals surface area contributed by atoms with Crippen LogP contribution in [0.5, 0.6) is 0 Å². The highest BCUT2D eigenvalue weighted by Gasteiger charge is 2.30. The van der Waals surface area contributed by atoms with Crippen LogP contribution in [0.4, 0.5) is 0 Å². The van der Waals surface area contributed by atoms with E-state index in [1.54, 1.807) is 24.3 Å². The molecule has 2 N–H and O–H groups in total. The van der Waals surface area contributed by atoms with Gasteiger partial charge in [0.05, 0.1) is 9.79 Å². The van der Waals surface area contributed by atoms with Gasteiger partial charge in [0.15, 0.2) is 0 Å². The van der Waals surface area contributed by atoms with Gasteiger partial charge in [-0.2, -0.15) is 0 Å². The molecule has 3 rings (SSSR count). The Hall–Kier alpha value is -1.74. The Labute approximate surface area is 173 Å². The molecule has 8 heteroatoms. The molecular formula is C21H28N2O4S2. The molecule has 0 bridgehead atoms. The van der Waals surface area contributed by atoms with E-state index in [0.717, 1.165) is 41.5 Å². The van der Waals surface area contributed by atoms with E-state index in [2.05, 4.69) is 9.44 Å². The molecule has 1 aliphatic rings. The van der Waals surface area contributed by atoms with Crippen LogP contribution in [-0.4, -0.2) is 29.9 Å². The van der Waals surface area contributed by atoms with Gasteiger partial charge in [0.2, 0.25) is 20.0 Å². The lowest BCUT2D eigenvalue weighted by atomic mass is 9.94. The van der Waals surface area contributed by atoms with Crippen LogP contribution in [0.25, 0.3) is 11.1 Å². The number of rotatable bonds is 9. The minimum atomic E-state index is -3.56. The summed E-state index contributed by atoms with van der Waals surface area (Å²) >= 11 is 0. The molecule has 0 fully saturated rings. The maximum absolute atomic E-state index is 12.5. The van der Waals surface area contributed by atoms with Gasteiger partial charge in [0.1, 0.15) is 0 Å². The number of hydrogen-bond acceptors (Lipinski definition) is 4. The Morgan fingerprint density at radius 2 is 1.14 bits per heavy atom. The Morgan fingerprint density at radius 3 is 1.48 bits per heavy atom. The Kier molecular flexibility index (Phi) is 6.48. The molecule has 0 spiro atoms. The maximum Gasteiger partial charge on any atom is 0.240 e. The van der Waals surface area contributed by atoms with E-state index in [9.17, 15) is 16.8 Å². The van der Waals surface area contributed by atoms with Crippen LogP contribution in [0.1, 0.15) is 57.1 Å². The molecule has 29 heavy (non-hydrogen) atoms. The third-order valence-electron chi connectivity index (χ3n) is 5.20. The first-order valence-corrected chi connectivity index (χ1v) is 13.0. The maximum atomic E-state index is 12.5. The second-order valence-corrected chi connectivity index (χ2v) is 10.8. The molecule has 0 heterocycles. The van der Waals surface area contributed by atoms with Crippen molar-refractivity contribution in [3.8, 4) is 11.1 Å². The summed E-state index contributed by atoms with van der Waals surface area (Å²) in [4.78, 5) is 0.488. The van der Waals surface area contributed by atoms with Crippen molar-refractivity contribution in [2.24, 2.45) is 0 Å². The van der Waals surface area contributed by atoms with Crippen LogP contribution < -0.4 is 9.44 Å². The number of nitrogens with one attached hydrogen (secondary N) is 2. The van der Waals surface area contributed by atoms with Crippen LogP contribution >= 0.6 is 0 Å². The molecule has 2 aromatic carbocycles. The molecular weight excluding hydrogens is 408 g/mol. The Balaban J connectivity index is 2.04. The highest BCUT2D eigenvalue weighted by atomic mass is 32.2. The van der Waals surface area contributed by atoms with Gasteiger partial charge in [-0.1, -0.05) is 32.9 Å². The lowest BCUT2D eigenvalue weighted by Crippen LogP contribution is -2.24. The zero-order chi connectivity index (χ0) is 21.2. The zero-order valence-electron chi connectivity index (χ0n) is 17.0. The normalized spacial score (nSPS) is 14.0. The molecule has 0 atom stereocenters. The first-order valence-electron chi connectivity index (χ1n) is 10.0. The Bertz CT molecular complexity index is 1020. The molecule has 0 aliphatic heterocycles. The number of benzene rings is 2. The highest BCUT2D eigenvalue weighted by Crippen LogP contribution is 2.47. The van der Waals surface area contributed by atoms with E-state index >= 15 is 0 Å². The predicted molar refractivity (Wildman–Crippen MR) is 115 cm³/mol. The minimum absolute atomic E-state index is 0.0392. The van der Waals surface area contributed by atoms with Gasteiger partial charge < -0.3 is 0 Å². The number of fused-ring (bicyclic) bond motifs is 3. The lowest BCUT2D eigenvalue weighted by molar-refractivity contribution is 0.579. The molecule has 158 valence electrons. The topological polar surface area (TPSA) is 92.3 Å². The van der Waals surface area contributed by atoms with Crippen molar-refractivity contribution < 1.29 is 16.8 Å². The van der Waals surface area contributed by atoms with Gasteiger partial charge in [-0.15, -0.1) is 0 Å². The van der Waals surface area contributed by atoms with Crippen LogP contribution in [0.3, 0.4) is 0 Å². The number of sulfonamides is 2.